The summed E-state index contributed by atoms with van der Waals surface area (Å²) in [5.41, 5.74) is 0.688. The van der Waals surface area contributed by atoms with E-state index in [1.165, 1.54) is 14.2 Å². The Morgan fingerprint density at radius 3 is 1.97 bits per heavy atom. The topological polar surface area (TPSA) is 135 Å². The molecule has 4 amide bonds. The second kappa shape index (κ2) is 14.0. The second-order valence-corrected chi connectivity index (χ2v) is 7.92. The molecule has 1 rings (SSSR count). The smallest absolute Gasteiger partial charge is 0.315 e. The van der Waals surface area contributed by atoms with E-state index in [2.05, 4.69) is 21.3 Å². The Bertz CT molecular complexity index is 805. The van der Waals surface area contributed by atoms with Gasteiger partial charge in [-0.1, -0.05) is 20.8 Å². The first kappa shape index (κ1) is 27.7. The number of hydrogen-bond acceptors (Lipinski definition) is 6. The van der Waals surface area contributed by atoms with Gasteiger partial charge < -0.3 is 30.7 Å². The third-order valence-corrected chi connectivity index (χ3v) is 4.80. The number of nitrogens with one attached hydrogen (secondary N) is 4. The molecule has 0 spiro atoms. The zero-order chi connectivity index (χ0) is 25.0. The normalized spacial score (nSPS) is 12.3. The number of rotatable bonds is 13. The lowest BCUT2D eigenvalue weighted by Crippen LogP contribution is -2.55. The van der Waals surface area contributed by atoms with Crippen LogP contribution in [0.3, 0.4) is 0 Å². The molecule has 0 aromatic heterocycles. The van der Waals surface area contributed by atoms with Crippen molar-refractivity contribution in [2.24, 2.45) is 5.92 Å². The van der Waals surface area contributed by atoms with E-state index in [4.69, 9.17) is 9.47 Å². The quantitative estimate of drug-likeness (QED) is 0.327. The molecule has 1 aromatic rings. The number of Topliss-reactive ketones (excluding diaryl/α,β-unsaturated/α-hetero) is 1. The van der Waals surface area contributed by atoms with Crippen LogP contribution in [-0.4, -0.2) is 56.5 Å². The van der Waals surface area contributed by atoms with Crippen LogP contribution in [-0.2, 0) is 20.9 Å². The minimum absolute atomic E-state index is 0.0806. The van der Waals surface area contributed by atoms with Crippen LogP contribution in [0.2, 0.25) is 0 Å². The SMILES string of the molecule is CCNC(=O)NC(CC(C)C)C(=O)NC(CC)C(=O)C(=O)NCc1cc(OC)cc(OC)c1. The summed E-state index contributed by atoms with van der Waals surface area (Å²) in [6.45, 7) is 7.79. The Morgan fingerprint density at radius 2 is 1.48 bits per heavy atom. The van der Waals surface area contributed by atoms with E-state index in [1.807, 2.05) is 13.8 Å². The highest BCUT2D eigenvalue weighted by Gasteiger charge is 2.29. The van der Waals surface area contributed by atoms with Gasteiger partial charge in [-0.2, -0.15) is 0 Å². The Kier molecular flexibility index (Phi) is 11.7. The summed E-state index contributed by atoms with van der Waals surface area (Å²) in [4.78, 5) is 49.8. The molecule has 184 valence electrons. The Balaban J connectivity index is 2.80. The van der Waals surface area contributed by atoms with Gasteiger partial charge in [0.1, 0.15) is 17.5 Å². The molecular formula is C23H36N4O6. The molecule has 0 saturated heterocycles. The van der Waals surface area contributed by atoms with Gasteiger partial charge in [-0.15, -0.1) is 0 Å². The molecule has 0 saturated carbocycles. The molecule has 0 heterocycles. The van der Waals surface area contributed by atoms with Crippen molar-refractivity contribution in [1.82, 2.24) is 21.3 Å². The molecule has 0 aliphatic heterocycles. The van der Waals surface area contributed by atoms with Gasteiger partial charge in [-0.25, -0.2) is 4.79 Å². The molecule has 0 fully saturated rings. The summed E-state index contributed by atoms with van der Waals surface area (Å²) in [7, 11) is 3.03. The predicted molar refractivity (Wildman–Crippen MR) is 124 cm³/mol. The van der Waals surface area contributed by atoms with Gasteiger partial charge in [0.15, 0.2) is 0 Å². The first-order valence-electron chi connectivity index (χ1n) is 11.0. The molecule has 10 nitrogen and oxygen atoms in total. The molecule has 33 heavy (non-hydrogen) atoms. The molecule has 2 unspecified atom stereocenters. The fourth-order valence-corrected chi connectivity index (χ4v) is 3.09. The molecule has 0 aliphatic rings. The molecule has 0 aliphatic carbocycles. The monoisotopic (exact) mass is 464 g/mol. The van der Waals surface area contributed by atoms with E-state index in [0.717, 1.165) is 0 Å². The van der Waals surface area contributed by atoms with E-state index >= 15 is 0 Å². The Labute approximate surface area is 195 Å². The Hall–Kier alpha value is -3.30. The highest BCUT2D eigenvalue weighted by Crippen LogP contribution is 2.22. The molecule has 0 radical (unpaired) electrons. The summed E-state index contributed by atoms with van der Waals surface area (Å²) in [5, 5.41) is 10.4. The first-order valence-corrected chi connectivity index (χ1v) is 11.0. The largest absolute Gasteiger partial charge is 0.497 e. The zero-order valence-electron chi connectivity index (χ0n) is 20.2. The van der Waals surface area contributed by atoms with Crippen molar-refractivity contribution in [3.8, 4) is 11.5 Å². The number of carbonyl (C=O) groups is 4. The summed E-state index contributed by atoms with van der Waals surface area (Å²) in [5.74, 6) is -0.857. The molecular weight excluding hydrogens is 428 g/mol. The number of amides is 4. The van der Waals surface area contributed by atoms with Crippen LogP contribution in [0.4, 0.5) is 4.79 Å². The van der Waals surface area contributed by atoms with E-state index in [9.17, 15) is 19.2 Å². The minimum atomic E-state index is -1.01. The van der Waals surface area contributed by atoms with Crippen LogP contribution in [0.15, 0.2) is 18.2 Å². The van der Waals surface area contributed by atoms with Gasteiger partial charge >= 0.3 is 6.03 Å². The fraction of sp³-hybridized carbons (Fsp3) is 0.565. The average molecular weight is 465 g/mol. The fourth-order valence-electron chi connectivity index (χ4n) is 3.09. The summed E-state index contributed by atoms with van der Waals surface area (Å²) < 4.78 is 10.4. The number of methoxy groups -OCH3 is 2. The average Bonchev–Trinajstić information content (AvgIpc) is 2.79. The standard InChI is InChI=1S/C23H36N4O6/c1-7-18(26-21(29)19(9-14(3)4)27-23(31)24-8-2)20(28)22(30)25-13-15-10-16(32-5)12-17(11-15)33-6/h10-12,14,18-19H,7-9,13H2,1-6H3,(H,25,30)(H,26,29)(H2,24,27,31). The van der Waals surface area contributed by atoms with Gasteiger partial charge in [0.25, 0.3) is 5.91 Å². The maximum Gasteiger partial charge on any atom is 0.315 e. The molecule has 1 aromatic carbocycles. The highest BCUT2D eigenvalue weighted by molar-refractivity contribution is 6.38. The van der Waals surface area contributed by atoms with Crippen molar-refractivity contribution in [2.45, 2.75) is 59.2 Å². The van der Waals surface area contributed by atoms with Crippen LogP contribution in [0, 0.1) is 5.92 Å². The van der Waals surface area contributed by atoms with E-state index < -0.39 is 35.7 Å². The lowest BCUT2D eigenvalue weighted by atomic mass is 10.0. The van der Waals surface area contributed by atoms with Crippen molar-refractivity contribution in [1.29, 1.82) is 0 Å². The number of hydrogen-bond donors (Lipinski definition) is 4. The predicted octanol–water partition coefficient (Wildman–Crippen LogP) is 1.52. The van der Waals surface area contributed by atoms with Crippen molar-refractivity contribution < 1.29 is 28.7 Å². The third kappa shape index (κ3) is 9.38. The zero-order valence-corrected chi connectivity index (χ0v) is 20.2. The molecule has 2 atom stereocenters. The summed E-state index contributed by atoms with van der Waals surface area (Å²) in [6.07, 6.45) is 0.609. The number of urea groups is 1. The van der Waals surface area contributed by atoms with Gasteiger partial charge in [0.05, 0.1) is 20.3 Å². The van der Waals surface area contributed by atoms with Crippen LogP contribution < -0.4 is 30.7 Å². The van der Waals surface area contributed by atoms with Gasteiger partial charge in [0, 0.05) is 19.2 Å². The maximum atomic E-state index is 12.8. The van der Waals surface area contributed by atoms with Crippen molar-refractivity contribution >= 4 is 23.6 Å². The van der Waals surface area contributed by atoms with Crippen molar-refractivity contribution in [2.75, 3.05) is 20.8 Å². The second-order valence-electron chi connectivity index (χ2n) is 7.92. The van der Waals surface area contributed by atoms with E-state index in [1.54, 1.807) is 32.0 Å². The number of ketones is 1. The minimum Gasteiger partial charge on any atom is -0.497 e. The van der Waals surface area contributed by atoms with Crippen LogP contribution in [0.5, 0.6) is 11.5 Å². The van der Waals surface area contributed by atoms with Crippen LogP contribution in [0.1, 0.15) is 46.1 Å². The molecule has 10 heteroatoms. The summed E-state index contributed by atoms with van der Waals surface area (Å²) in [6, 6.07) is 2.82. The van der Waals surface area contributed by atoms with E-state index in [-0.39, 0.29) is 18.9 Å². The molecule has 4 N–H and O–H groups in total. The van der Waals surface area contributed by atoms with Crippen LogP contribution >= 0.6 is 0 Å². The highest BCUT2D eigenvalue weighted by atomic mass is 16.5. The van der Waals surface area contributed by atoms with Gasteiger partial charge in [-0.3, -0.25) is 14.4 Å². The van der Waals surface area contributed by atoms with Gasteiger partial charge in [0.2, 0.25) is 11.7 Å². The molecule has 0 bridgehead atoms. The van der Waals surface area contributed by atoms with Crippen LogP contribution in [0.25, 0.3) is 0 Å². The number of benzene rings is 1. The van der Waals surface area contributed by atoms with Crippen molar-refractivity contribution in [3.63, 3.8) is 0 Å². The van der Waals surface area contributed by atoms with Crippen molar-refractivity contribution in [3.05, 3.63) is 23.8 Å². The lowest BCUT2D eigenvalue weighted by Gasteiger charge is -2.23. The summed E-state index contributed by atoms with van der Waals surface area (Å²) >= 11 is 0. The van der Waals surface area contributed by atoms with Gasteiger partial charge in [-0.05, 0) is 43.4 Å². The third-order valence-electron chi connectivity index (χ3n) is 4.80. The number of carbonyl (C=O) groups excluding carboxylic acids is 4. The Morgan fingerprint density at radius 1 is 0.879 bits per heavy atom. The lowest BCUT2D eigenvalue weighted by molar-refractivity contribution is -0.140. The maximum absolute atomic E-state index is 12.8. The van der Waals surface area contributed by atoms with E-state index in [0.29, 0.717) is 30.0 Å². The first-order chi connectivity index (χ1) is 15.6. The number of ether oxygens (including phenoxy) is 2.